The van der Waals surface area contributed by atoms with Gasteiger partial charge in [0.25, 0.3) is 0 Å². The number of hydrogen-bond donors (Lipinski definition) is 6. The summed E-state index contributed by atoms with van der Waals surface area (Å²) < 4.78 is 5.35. The lowest BCUT2D eigenvalue weighted by Crippen LogP contribution is -2.48. The fourth-order valence-electron chi connectivity index (χ4n) is 6.83. The molecule has 1 aliphatic rings. The lowest BCUT2D eigenvalue weighted by molar-refractivity contribution is -0.130. The Labute approximate surface area is 302 Å². The largest absolute Gasteiger partial charge is 0.444 e. The zero-order chi connectivity index (χ0) is 37.2. The summed E-state index contributed by atoms with van der Waals surface area (Å²) in [4.78, 5) is 65.0. The molecule has 0 bridgehead atoms. The molecule has 1 unspecified atom stereocenters. The van der Waals surface area contributed by atoms with Crippen LogP contribution in [0.4, 0.5) is 10.5 Å². The number of alkyl carbamates (subject to hydrolysis) is 1. The van der Waals surface area contributed by atoms with Gasteiger partial charge in [0.15, 0.2) is 0 Å². The number of anilines is 1. The van der Waals surface area contributed by atoms with Crippen LogP contribution in [0.15, 0.2) is 59.4 Å². The van der Waals surface area contributed by atoms with Crippen LogP contribution in [0.25, 0.3) is 33.2 Å². The third-order valence-corrected chi connectivity index (χ3v) is 9.67. The number of imidazole rings is 2. The SMILES string of the molecule is Cc1cc2[nH]c(C(C)C)nc2cc1-c1ccc(CC(NC(=O)[C@H]2CC[C@H](CNC(=O)OC(C)(C)C)CC2)C(=O)Nc2ccc3[nH]c(=O)[nH]c3c2)cc1. The first-order valence-electron chi connectivity index (χ1n) is 18.1. The van der Waals surface area contributed by atoms with Crippen molar-refractivity contribution in [2.75, 3.05) is 11.9 Å². The van der Waals surface area contributed by atoms with Crippen LogP contribution < -0.4 is 21.6 Å². The van der Waals surface area contributed by atoms with Crippen LogP contribution in [0, 0.1) is 18.8 Å². The molecule has 0 aliphatic heterocycles. The molecule has 2 heterocycles. The van der Waals surface area contributed by atoms with Crippen LogP contribution in [0.2, 0.25) is 0 Å². The van der Waals surface area contributed by atoms with Gasteiger partial charge in [0.05, 0.1) is 22.1 Å². The van der Waals surface area contributed by atoms with Gasteiger partial charge in [-0.2, -0.15) is 0 Å². The first kappa shape index (κ1) is 36.4. The van der Waals surface area contributed by atoms with Crippen LogP contribution in [0.5, 0.6) is 0 Å². The Morgan fingerprint density at radius 2 is 1.62 bits per heavy atom. The van der Waals surface area contributed by atoms with Crippen molar-refractivity contribution < 1.29 is 19.1 Å². The zero-order valence-corrected chi connectivity index (χ0v) is 30.7. The normalized spacial score (nSPS) is 16.9. The average molecular weight is 708 g/mol. The van der Waals surface area contributed by atoms with Crippen molar-refractivity contribution in [3.63, 3.8) is 0 Å². The Balaban J connectivity index is 1.15. The predicted octanol–water partition coefficient (Wildman–Crippen LogP) is 6.83. The van der Waals surface area contributed by atoms with Gasteiger partial charge in [0.2, 0.25) is 11.8 Å². The van der Waals surface area contributed by atoms with Crippen molar-refractivity contribution in [2.45, 2.75) is 91.2 Å². The van der Waals surface area contributed by atoms with E-state index < -0.39 is 17.7 Å². The van der Waals surface area contributed by atoms with E-state index in [1.54, 1.807) is 18.2 Å². The molecule has 1 aliphatic carbocycles. The number of aromatic amines is 3. The number of fused-ring (bicyclic) bond motifs is 2. The topological polar surface area (TPSA) is 174 Å². The van der Waals surface area contributed by atoms with E-state index in [1.807, 2.05) is 45.0 Å². The maximum atomic E-state index is 13.8. The Morgan fingerprint density at radius 1 is 0.904 bits per heavy atom. The zero-order valence-electron chi connectivity index (χ0n) is 30.7. The van der Waals surface area contributed by atoms with Crippen molar-refractivity contribution in [2.24, 2.45) is 11.8 Å². The molecule has 6 rings (SSSR count). The minimum atomic E-state index is -0.845. The Bertz CT molecular complexity index is 2130. The first-order chi connectivity index (χ1) is 24.7. The van der Waals surface area contributed by atoms with Gasteiger partial charge in [0, 0.05) is 30.5 Å². The highest BCUT2D eigenvalue weighted by molar-refractivity contribution is 5.99. The van der Waals surface area contributed by atoms with Crippen LogP contribution in [0.1, 0.15) is 83.2 Å². The molecule has 3 aromatic carbocycles. The Kier molecular flexibility index (Phi) is 10.5. The number of ether oxygens (including phenoxy) is 1. The number of carbonyl (C=O) groups excluding carboxylic acids is 3. The maximum absolute atomic E-state index is 13.8. The summed E-state index contributed by atoms with van der Waals surface area (Å²) in [5.41, 5.74) is 6.88. The monoisotopic (exact) mass is 707 g/mol. The van der Waals surface area contributed by atoms with Crippen molar-refractivity contribution in [1.29, 1.82) is 0 Å². The fraction of sp³-hybridized carbons (Fsp3) is 0.425. The predicted molar refractivity (Wildman–Crippen MR) is 203 cm³/mol. The van der Waals surface area contributed by atoms with Crippen LogP contribution in [-0.4, -0.2) is 56.0 Å². The van der Waals surface area contributed by atoms with E-state index in [0.717, 1.165) is 52.0 Å². The van der Waals surface area contributed by atoms with Crippen molar-refractivity contribution in [1.82, 2.24) is 30.6 Å². The van der Waals surface area contributed by atoms with E-state index in [9.17, 15) is 19.2 Å². The second-order valence-corrected chi connectivity index (χ2v) is 15.4. The second kappa shape index (κ2) is 15.1. The van der Waals surface area contributed by atoms with Crippen molar-refractivity contribution in [3.8, 4) is 11.1 Å². The maximum Gasteiger partial charge on any atom is 0.407 e. The smallest absolute Gasteiger partial charge is 0.407 e. The standard InChI is InChI=1S/C40H49N7O5/c1-22(2)35-43-31-17-23(3)29(20-33(31)44-35)26-11-7-24(8-12-26)18-34(37(49)42-28-15-16-30-32(19-28)47-38(50)46-30)45-36(48)27-13-9-25(10-14-27)21-41-39(51)52-40(4,5)6/h7-8,11-12,15-17,19-20,22,25,27,34H,9-10,13-14,18,21H2,1-6H3,(H,41,51)(H,42,49)(H,43,44)(H,45,48)(H2,46,47,50)/t25-,27-,34?. The number of nitrogens with one attached hydrogen (secondary N) is 6. The lowest BCUT2D eigenvalue weighted by Gasteiger charge is -2.29. The van der Waals surface area contributed by atoms with Gasteiger partial charge in [-0.3, -0.25) is 9.59 Å². The highest BCUT2D eigenvalue weighted by Gasteiger charge is 2.30. The molecule has 0 spiro atoms. The van der Waals surface area contributed by atoms with Crippen LogP contribution >= 0.6 is 0 Å². The van der Waals surface area contributed by atoms with E-state index >= 15 is 0 Å². The fourth-order valence-corrected chi connectivity index (χ4v) is 6.83. The summed E-state index contributed by atoms with van der Waals surface area (Å²) in [5, 5.41) is 8.85. The summed E-state index contributed by atoms with van der Waals surface area (Å²) >= 11 is 0. The number of hydrogen-bond acceptors (Lipinski definition) is 6. The number of benzene rings is 3. The Morgan fingerprint density at radius 3 is 2.31 bits per heavy atom. The molecule has 12 heteroatoms. The average Bonchev–Trinajstić information content (AvgIpc) is 3.68. The second-order valence-electron chi connectivity index (χ2n) is 15.4. The van der Waals surface area contributed by atoms with Gasteiger partial charge in [0.1, 0.15) is 17.5 Å². The number of amides is 3. The molecule has 6 N–H and O–H groups in total. The van der Waals surface area contributed by atoms with Crippen LogP contribution in [-0.2, 0) is 20.7 Å². The Hall–Kier alpha value is -5.39. The summed E-state index contributed by atoms with van der Waals surface area (Å²) in [6.45, 7) is 12.3. The van der Waals surface area contributed by atoms with E-state index in [2.05, 4.69) is 63.8 Å². The molecule has 3 amide bonds. The molecule has 274 valence electrons. The molecule has 52 heavy (non-hydrogen) atoms. The molecule has 1 saturated carbocycles. The third-order valence-electron chi connectivity index (χ3n) is 9.67. The van der Waals surface area contributed by atoms with Gasteiger partial charge < -0.3 is 35.6 Å². The van der Waals surface area contributed by atoms with Gasteiger partial charge in [-0.05, 0) is 112 Å². The van der Waals surface area contributed by atoms with E-state index in [-0.39, 0.29) is 35.8 Å². The minimum Gasteiger partial charge on any atom is -0.444 e. The number of aryl methyl sites for hydroxylation is 1. The van der Waals surface area contributed by atoms with E-state index in [0.29, 0.717) is 42.0 Å². The highest BCUT2D eigenvalue weighted by Crippen LogP contribution is 2.31. The number of H-pyrrole nitrogens is 3. The summed E-state index contributed by atoms with van der Waals surface area (Å²) in [5.74, 6) is 0.740. The summed E-state index contributed by atoms with van der Waals surface area (Å²) in [6, 6.07) is 16.6. The van der Waals surface area contributed by atoms with Gasteiger partial charge in [-0.15, -0.1) is 0 Å². The molecule has 0 saturated heterocycles. The quantitative estimate of drug-likeness (QED) is 0.0928. The molecule has 1 fully saturated rings. The molecule has 2 aromatic heterocycles. The first-order valence-corrected chi connectivity index (χ1v) is 18.1. The number of aromatic nitrogens is 4. The van der Waals surface area contributed by atoms with E-state index in [1.165, 1.54) is 0 Å². The van der Waals surface area contributed by atoms with Gasteiger partial charge in [-0.25, -0.2) is 14.6 Å². The highest BCUT2D eigenvalue weighted by atomic mass is 16.6. The molecule has 5 aromatic rings. The number of carbonyl (C=O) groups is 3. The summed E-state index contributed by atoms with van der Waals surface area (Å²) in [7, 11) is 0. The molecule has 1 atom stereocenters. The molecule has 12 nitrogen and oxygen atoms in total. The van der Waals surface area contributed by atoms with Crippen LogP contribution in [0.3, 0.4) is 0 Å². The van der Waals surface area contributed by atoms with Gasteiger partial charge in [-0.1, -0.05) is 38.1 Å². The van der Waals surface area contributed by atoms with Crippen molar-refractivity contribution in [3.05, 3.63) is 82.0 Å². The lowest BCUT2D eigenvalue weighted by atomic mass is 9.81. The summed E-state index contributed by atoms with van der Waals surface area (Å²) in [6.07, 6.45) is 2.72. The molecule has 0 radical (unpaired) electrons. The van der Waals surface area contributed by atoms with Gasteiger partial charge >= 0.3 is 11.8 Å². The third kappa shape index (κ3) is 8.90. The molecular formula is C40H49N7O5. The van der Waals surface area contributed by atoms with E-state index in [4.69, 9.17) is 9.72 Å². The number of rotatable bonds is 10. The van der Waals surface area contributed by atoms with Crippen molar-refractivity contribution >= 4 is 45.7 Å². The number of nitrogens with zero attached hydrogens (tertiary/aromatic N) is 1. The minimum absolute atomic E-state index is 0.163. The molecular weight excluding hydrogens is 658 g/mol.